The summed E-state index contributed by atoms with van der Waals surface area (Å²) in [6, 6.07) is 15.9. The van der Waals surface area contributed by atoms with Gasteiger partial charge in [0.05, 0.1) is 11.8 Å². The number of benzene rings is 2. The minimum Gasteiger partial charge on any atom is -0.300 e. The highest BCUT2D eigenvalue weighted by atomic mass is 32.2. The molecule has 23 heavy (non-hydrogen) atoms. The van der Waals surface area contributed by atoms with Gasteiger partial charge in [-0.25, -0.2) is 8.42 Å². The van der Waals surface area contributed by atoms with Crippen LogP contribution in [-0.2, 0) is 9.84 Å². The molecule has 0 aromatic heterocycles. The summed E-state index contributed by atoms with van der Waals surface area (Å²) in [6.07, 6.45) is 1.58. The summed E-state index contributed by atoms with van der Waals surface area (Å²) in [5, 5.41) is 1.19. The summed E-state index contributed by atoms with van der Waals surface area (Å²) in [4.78, 5) is 14.5. The normalized spacial score (nSPS) is 18.7. The zero-order valence-electron chi connectivity index (χ0n) is 12.7. The predicted octanol–water partition coefficient (Wildman–Crippen LogP) is 2.95. The van der Waals surface area contributed by atoms with Crippen molar-refractivity contribution in [3.63, 3.8) is 0 Å². The van der Waals surface area contributed by atoms with Gasteiger partial charge in [-0.05, 0) is 37.3 Å². The zero-order valence-corrected chi connectivity index (χ0v) is 13.5. The summed E-state index contributed by atoms with van der Waals surface area (Å²) in [5.41, 5.74) is 2.30. The molecule has 0 N–H and O–H groups in total. The van der Waals surface area contributed by atoms with Crippen molar-refractivity contribution in [2.75, 3.05) is 10.7 Å². The second-order valence-corrected chi connectivity index (χ2v) is 7.53. The second-order valence-electron chi connectivity index (χ2n) is 5.60. The smallest absolute Gasteiger partial charge is 0.258 e. The molecule has 0 aliphatic carbocycles. The molecule has 0 saturated carbocycles. The highest BCUT2D eigenvalue weighted by Gasteiger charge is 2.31. The van der Waals surface area contributed by atoms with E-state index in [1.165, 1.54) is 5.41 Å². The quantitative estimate of drug-likeness (QED) is 0.871. The summed E-state index contributed by atoms with van der Waals surface area (Å²) in [5.74, 6) is -0.291. The third kappa shape index (κ3) is 3.35. The molecule has 0 fully saturated rings. The maximum absolute atomic E-state index is 12.9. The van der Waals surface area contributed by atoms with Crippen molar-refractivity contribution in [1.82, 2.24) is 0 Å². The maximum atomic E-state index is 12.9. The van der Waals surface area contributed by atoms with Crippen LogP contribution in [0, 0.1) is 6.92 Å². The minimum absolute atomic E-state index is 0.0839. The molecule has 3 rings (SSSR count). The Bertz CT molecular complexity index is 840. The number of rotatable bonds is 3. The molecular formula is C18H17NO3S. The van der Waals surface area contributed by atoms with Crippen molar-refractivity contribution in [2.45, 2.75) is 13.0 Å². The molecule has 1 heterocycles. The van der Waals surface area contributed by atoms with Crippen LogP contribution in [0.1, 0.15) is 15.9 Å². The highest BCUT2D eigenvalue weighted by Crippen LogP contribution is 2.25. The van der Waals surface area contributed by atoms with Crippen molar-refractivity contribution in [3.8, 4) is 0 Å². The lowest BCUT2D eigenvalue weighted by Crippen LogP contribution is -2.41. The molecule has 0 unspecified atom stereocenters. The Hall–Kier alpha value is -2.40. The lowest BCUT2D eigenvalue weighted by atomic mass is 10.1. The van der Waals surface area contributed by atoms with Crippen LogP contribution in [0.15, 0.2) is 66.1 Å². The van der Waals surface area contributed by atoms with E-state index in [-0.39, 0.29) is 11.7 Å². The Labute approximate surface area is 136 Å². The van der Waals surface area contributed by atoms with Crippen LogP contribution < -0.4 is 4.90 Å². The van der Waals surface area contributed by atoms with Gasteiger partial charge >= 0.3 is 0 Å². The zero-order chi connectivity index (χ0) is 16.4. The molecule has 0 bridgehead atoms. The molecule has 1 aliphatic rings. The number of amides is 1. The van der Waals surface area contributed by atoms with E-state index in [2.05, 4.69) is 0 Å². The Morgan fingerprint density at radius 1 is 1.04 bits per heavy atom. The van der Waals surface area contributed by atoms with Crippen LogP contribution in [0.5, 0.6) is 0 Å². The Morgan fingerprint density at radius 3 is 2.26 bits per heavy atom. The molecule has 4 nitrogen and oxygen atoms in total. The first-order valence-corrected chi connectivity index (χ1v) is 9.04. The molecule has 0 spiro atoms. The van der Waals surface area contributed by atoms with Gasteiger partial charge in [0.25, 0.3) is 5.91 Å². The number of hydrogen-bond acceptors (Lipinski definition) is 3. The van der Waals surface area contributed by atoms with Crippen molar-refractivity contribution >= 4 is 21.4 Å². The molecule has 1 aliphatic heterocycles. The van der Waals surface area contributed by atoms with E-state index in [0.717, 1.165) is 5.56 Å². The molecule has 1 amide bonds. The fourth-order valence-corrected chi connectivity index (χ4v) is 3.87. The van der Waals surface area contributed by atoms with Crippen LogP contribution in [0.25, 0.3) is 0 Å². The van der Waals surface area contributed by atoms with Gasteiger partial charge in [0, 0.05) is 16.7 Å². The summed E-state index contributed by atoms with van der Waals surface area (Å²) in [7, 11) is -3.25. The van der Waals surface area contributed by atoms with Gasteiger partial charge in [-0.1, -0.05) is 35.9 Å². The average Bonchev–Trinajstić information content (AvgIpc) is 2.90. The third-order valence-electron chi connectivity index (χ3n) is 3.79. The van der Waals surface area contributed by atoms with E-state index < -0.39 is 15.9 Å². The van der Waals surface area contributed by atoms with Crippen LogP contribution >= 0.6 is 0 Å². The SMILES string of the molecule is Cc1ccc(N(C(=O)c2ccccc2)[C@H]2C=CS(=O)(=O)C2)cc1. The number of carbonyl (C=O) groups is 1. The van der Waals surface area contributed by atoms with Gasteiger partial charge in [-0.3, -0.25) is 4.79 Å². The molecular weight excluding hydrogens is 310 g/mol. The van der Waals surface area contributed by atoms with E-state index in [0.29, 0.717) is 11.3 Å². The predicted molar refractivity (Wildman–Crippen MR) is 91.1 cm³/mol. The van der Waals surface area contributed by atoms with Crippen molar-refractivity contribution < 1.29 is 13.2 Å². The number of nitrogens with zero attached hydrogens (tertiary/aromatic N) is 1. The Morgan fingerprint density at radius 2 is 1.70 bits per heavy atom. The number of sulfone groups is 1. The lowest BCUT2D eigenvalue weighted by Gasteiger charge is -2.28. The highest BCUT2D eigenvalue weighted by molar-refractivity contribution is 7.94. The third-order valence-corrected chi connectivity index (χ3v) is 5.17. The van der Waals surface area contributed by atoms with Gasteiger partial charge in [0.15, 0.2) is 9.84 Å². The first kappa shape index (κ1) is 15.5. The monoisotopic (exact) mass is 327 g/mol. The van der Waals surface area contributed by atoms with Crippen molar-refractivity contribution in [1.29, 1.82) is 0 Å². The second kappa shape index (κ2) is 6.01. The van der Waals surface area contributed by atoms with E-state index in [9.17, 15) is 13.2 Å². The van der Waals surface area contributed by atoms with E-state index in [1.54, 1.807) is 35.2 Å². The van der Waals surface area contributed by atoms with E-state index >= 15 is 0 Å². The van der Waals surface area contributed by atoms with Crippen molar-refractivity contribution in [2.24, 2.45) is 0 Å². The first-order valence-electron chi connectivity index (χ1n) is 7.32. The minimum atomic E-state index is -3.25. The Balaban J connectivity index is 2.02. The largest absolute Gasteiger partial charge is 0.300 e. The molecule has 118 valence electrons. The molecule has 2 aromatic rings. The van der Waals surface area contributed by atoms with Crippen LogP contribution in [0.4, 0.5) is 5.69 Å². The van der Waals surface area contributed by atoms with Gasteiger partial charge in [-0.15, -0.1) is 0 Å². The summed E-state index contributed by atoms with van der Waals surface area (Å²) < 4.78 is 23.5. The van der Waals surface area contributed by atoms with Gasteiger partial charge < -0.3 is 4.90 Å². The van der Waals surface area contributed by atoms with E-state index in [4.69, 9.17) is 0 Å². The molecule has 0 saturated heterocycles. The summed E-state index contributed by atoms with van der Waals surface area (Å²) >= 11 is 0. The van der Waals surface area contributed by atoms with Crippen LogP contribution in [0.3, 0.4) is 0 Å². The number of carbonyl (C=O) groups excluding carboxylic acids is 1. The maximum Gasteiger partial charge on any atom is 0.258 e. The first-order chi connectivity index (χ1) is 11.0. The topological polar surface area (TPSA) is 54.5 Å². The average molecular weight is 327 g/mol. The van der Waals surface area contributed by atoms with Gasteiger partial charge in [0.1, 0.15) is 0 Å². The molecule has 1 atom stereocenters. The molecule has 0 radical (unpaired) electrons. The number of hydrogen-bond donors (Lipinski definition) is 0. The molecule has 5 heteroatoms. The van der Waals surface area contributed by atoms with Crippen LogP contribution in [-0.4, -0.2) is 26.1 Å². The summed E-state index contributed by atoms with van der Waals surface area (Å²) in [6.45, 7) is 1.97. The fraction of sp³-hybridized carbons (Fsp3) is 0.167. The Kier molecular flexibility index (Phi) is 4.05. The fourth-order valence-electron chi connectivity index (χ4n) is 2.60. The van der Waals surface area contributed by atoms with Gasteiger partial charge in [0.2, 0.25) is 0 Å². The standard InChI is InChI=1S/C18H17NO3S/c1-14-7-9-16(10-8-14)19(17-11-12-23(21,22)13-17)18(20)15-5-3-2-4-6-15/h2-12,17H,13H2,1H3/t17-/m0/s1. The van der Waals surface area contributed by atoms with Crippen LogP contribution in [0.2, 0.25) is 0 Å². The van der Waals surface area contributed by atoms with E-state index in [1.807, 2.05) is 37.3 Å². The van der Waals surface area contributed by atoms with Gasteiger partial charge in [-0.2, -0.15) is 0 Å². The lowest BCUT2D eigenvalue weighted by molar-refractivity contribution is 0.0983. The molecule has 2 aromatic carbocycles. The number of aryl methyl sites for hydroxylation is 1. The number of anilines is 1. The van der Waals surface area contributed by atoms with Crippen molar-refractivity contribution in [3.05, 3.63) is 77.2 Å².